The number of hydrogen-bond acceptors (Lipinski definition) is 2. The Balaban J connectivity index is 2.08. The summed E-state index contributed by atoms with van der Waals surface area (Å²) in [5, 5.41) is 0. The van der Waals surface area contributed by atoms with Crippen LogP contribution in [0.4, 0.5) is 0 Å². The summed E-state index contributed by atoms with van der Waals surface area (Å²) in [4.78, 5) is 0. The van der Waals surface area contributed by atoms with Gasteiger partial charge >= 0.3 is 0 Å². The molecule has 0 radical (unpaired) electrons. The highest BCUT2D eigenvalue weighted by molar-refractivity contribution is 8.77. The standard InChI is InChI=1S/C6H10S2/c1-2-6-3-5(6)4-7-8-6/h5H,2-4H2,1H3. The molecule has 0 aromatic rings. The zero-order valence-electron chi connectivity index (χ0n) is 5.02. The second kappa shape index (κ2) is 1.60. The van der Waals surface area contributed by atoms with Gasteiger partial charge in [-0.1, -0.05) is 28.5 Å². The minimum Gasteiger partial charge on any atom is -0.0932 e. The van der Waals surface area contributed by atoms with Crippen LogP contribution >= 0.6 is 21.6 Å². The maximum atomic E-state index is 2.32. The molecule has 2 heteroatoms. The fourth-order valence-corrected chi connectivity index (χ4v) is 5.38. The number of hydrogen-bond donors (Lipinski definition) is 0. The second-order valence-electron chi connectivity index (χ2n) is 2.69. The lowest BCUT2D eigenvalue weighted by Crippen LogP contribution is -1.97. The molecule has 0 bridgehead atoms. The largest absolute Gasteiger partial charge is 0.0932 e. The van der Waals surface area contributed by atoms with Gasteiger partial charge in [0.15, 0.2) is 0 Å². The highest BCUT2D eigenvalue weighted by atomic mass is 33.1. The van der Waals surface area contributed by atoms with E-state index < -0.39 is 0 Å². The summed E-state index contributed by atoms with van der Waals surface area (Å²) in [5.74, 6) is 2.53. The van der Waals surface area contributed by atoms with E-state index >= 15 is 0 Å². The lowest BCUT2D eigenvalue weighted by molar-refractivity contribution is 0.791. The molecule has 8 heavy (non-hydrogen) atoms. The van der Waals surface area contributed by atoms with E-state index in [2.05, 4.69) is 28.5 Å². The van der Waals surface area contributed by atoms with E-state index in [1.807, 2.05) is 0 Å². The lowest BCUT2D eigenvalue weighted by Gasteiger charge is -2.02. The van der Waals surface area contributed by atoms with Gasteiger partial charge in [-0.05, 0) is 18.8 Å². The summed E-state index contributed by atoms with van der Waals surface area (Å²) < 4.78 is 0.782. The first kappa shape index (κ1) is 5.48. The van der Waals surface area contributed by atoms with Crippen LogP contribution < -0.4 is 0 Å². The fraction of sp³-hybridized carbons (Fsp3) is 1.00. The molecule has 2 unspecified atom stereocenters. The van der Waals surface area contributed by atoms with Crippen molar-refractivity contribution in [3.8, 4) is 0 Å². The van der Waals surface area contributed by atoms with Gasteiger partial charge in [-0.3, -0.25) is 0 Å². The third-order valence-corrected chi connectivity index (χ3v) is 5.80. The molecule has 1 saturated carbocycles. The molecule has 0 spiro atoms. The minimum absolute atomic E-state index is 0.782. The lowest BCUT2D eigenvalue weighted by atomic mass is 10.3. The quantitative estimate of drug-likeness (QED) is 0.521. The molecule has 1 aliphatic carbocycles. The van der Waals surface area contributed by atoms with Gasteiger partial charge < -0.3 is 0 Å². The van der Waals surface area contributed by atoms with Gasteiger partial charge in [0, 0.05) is 10.5 Å². The fourth-order valence-electron chi connectivity index (χ4n) is 1.40. The van der Waals surface area contributed by atoms with Gasteiger partial charge in [-0.25, -0.2) is 0 Å². The van der Waals surface area contributed by atoms with Crippen LogP contribution in [0.5, 0.6) is 0 Å². The molecule has 2 atom stereocenters. The summed E-state index contributed by atoms with van der Waals surface area (Å²) in [6.07, 6.45) is 2.91. The summed E-state index contributed by atoms with van der Waals surface area (Å²) in [6, 6.07) is 0. The highest BCUT2D eigenvalue weighted by Crippen LogP contribution is 2.67. The van der Waals surface area contributed by atoms with Crippen molar-refractivity contribution in [2.45, 2.75) is 24.5 Å². The van der Waals surface area contributed by atoms with Crippen molar-refractivity contribution in [2.75, 3.05) is 5.75 Å². The predicted molar refractivity (Wildman–Crippen MR) is 41.2 cm³/mol. The zero-order valence-corrected chi connectivity index (χ0v) is 6.65. The summed E-state index contributed by atoms with van der Waals surface area (Å²) >= 11 is 0. The van der Waals surface area contributed by atoms with Gasteiger partial charge in [0.05, 0.1) is 0 Å². The maximum Gasteiger partial charge on any atom is 0.0301 e. The van der Waals surface area contributed by atoms with Crippen LogP contribution in [0, 0.1) is 5.92 Å². The molecule has 1 saturated heterocycles. The van der Waals surface area contributed by atoms with Gasteiger partial charge in [0.2, 0.25) is 0 Å². The number of fused-ring (bicyclic) bond motifs is 1. The van der Waals surface area contributed by atoms with Crippen LogP contribution in [-0.2, 0) is 0 Å². The monoisotopic (exact) mass is 146 g/mol. The Hall–Kier alpha value is 0.700. The molecule has 0 amide bonds. The Bertz CT molecular complexity index is 109. The van der Waals surface area contributed by atoms with Crippen LogP contribution in [0.15, 0.2) is 0 Å². The van der Waals surface area contributed by atoms with Gasteiger partial charge in [0.25, 0.3) is 0 Å². The molecule has 2 fully saturated rings. The Kier molecular flexibility index (Phi) is 1.10. The van der Waals surface area contributed by atoms with Crippen molar-refractivity contribution in [1.29, 1.82) is 0 Å². The van der Waals surface area contributed by atoms with Gasteiger partial charge in [-0.15, -0.1) is 0 Å². The molecular formula is C6H10S2. The van der Waals surface area contributed by atoms with Crippen molar-refractivity contribution < 1.29 is 0 Å². The third kappa shape index (κ3) is 0.561. The summed E-state index contributed by atoms with van der Waals surface area (Å²) in [5.41, 5.74) is 0. The first-order valence-corrected chi connectivity index (χ1v) is 5.50. The van der Waals surface area contributed by atoms with Crippen LogP contribution in [0.2, 0.25) is 0 Å². The van der Waals surface area contributed by atoms with Crippen molar-refractivity contribution in [3.05, 3.63) is 0 Å². The first-order valence-electron chi connectivity index (χ1n) is 3.18. The van der Waals surface area contributed by atoms with Crippen LogP contribution in [0.1, 0.15) is 19.8 Å². The Morgan fingerprint density at radius 1 is 1.75 bits per heavy atom. The Labute approximate surface area is 58.2 Å². The average Bonchev–Trinajstić information content (AvgIpc) is 2.38. The normalized spacial score (nSPS) is 51.4. The molecule has 0 aromatic heterocycles. The smallest absolute Gasteiger partial charge is 0.0301 e. The Morgan fingerprint density at radius 3 is 2.88 bits per heavy atom. The average molecular weight is 146 g/mol. The minimum atomic E-state index is 0.782. The molecule has 0 N–H and O–H groups in total. The van der Waals surface area contributed by atoms with E-state index in [-0.39, 0.29) is 0 Å². The van der Waals surface area contributed by atoms with Crippen LogP contribution in [-0.4, -0.2) is 10.5 Å². The Morgan fingerprint density at radius 2 is 2.62 bits per heavy atom. The predicted octanol–water partition coefficient (Wildman–Crippen LogP) is 2.55. The van der Waals surface area contributed by atoms with Crippen molar-refractivity contribution in [3.63, 3.8) is 0 Å². The summed E-state index contributed by atoms with van der Waals surface area (Å²) in [7, 11) is 4.21. The molecular weight excluding hydrogens is 136 g/mol. The van der Waals surface area contributed by atoms with Gasteiger partial charge in [-0.2, -0.15) is 0 Å². The van der Waals surface area contributed by atoms with Crippen molar-refractivity contribution >= 4 is 21.6 Å². The first-order chi connectivity index (χ1) is 3.87. The topological polar surface area (TPSA) is 0 Å². The molecule has 2 rings (SSSR count). The second-order valence-corrected chi connectivity index (χ2v) is 5.44. The van der Waals surface area contributed by atoms with Gasteiger partial charge in [0.1, 0.15) is 0 Å². The molecule has 0 aromatic carbocycles. The SMILES string of the molecule is CCC12CC1CSS2. The van der Waals surface area contributed by atoms with E-state index in [1.54, 1.807) is 0 Å². The molecule has 0 nitrogen and oxygen atoms in total. The number of rotatable bonds is 1. The van der Waals surface area contributed by atoms with E-state index in [0.717, 1.165) is 10.7 Å². The highest BCUT2D eigenvalue weighted by Gasteiger charge is 2.57. The maximum absolute atomic E-state index is 2.32. The third-order valence-electron chi connectivity index (χ3n) is 2.27. The van der Waals surface area contributed by atoms with Crippen LogP contribution in [0.3, 0.4) is 0 Å². The molecule has 1 aliphatic heterocycles. The van der Waals surface area contributed by atoms with E-state index in [0.29, 0.717) is 0 Å². The molecule has 1 heterocycles. The summed E-state index contributed by atoms with van der Waals surface area (Å²) in [6.45, 7) is 2.32. The molecule has 2 aliphatic rings. The van der Waals surface area contributed by atoms with E-state index in [1.165, 1.54) is 18.6 Å². The van der Waals surface area contributed by atoms with Crippen molar-refractivity contribution in [1.82, 2.24) is 0 Å². The zero-order chi connectivity index (χ0) is 5.61. The molecule has 46 valence electrons. The van der Waals surface area contributed by atoms with Crippen molar-refractivity contribution in [2.24, 2.45) is 5.92 Å². The van der Waals surface area contributed by atoms with E-state index in [9.17, 15) is 0 Å². The van der Waals surface area contributed by atoms with E-state index in [4.69, 9.17) is 0 Å². The van der Waals surface area contributed by atoms with Crippen LogP contribution in [0.25, 0.3) is 0 Å².